The summed E-state index contributed by atoms with van der Waals surface area (Å²) in [6, 6.07) is 0. The van der Waals surface area contributed by atoms with Crippen molar-refractivity contribution in [3.8, 4) is 0 Å². The summed E-state index contributed by atoms with van der Waals surface area (Å²) < 4.78 is 16.8. The Morgan fingerprint density at radius 1 is 1.20 bits per heavy atom. The lowest BCUT2D eigenvalue weighted by atomic mass is 10.0. The Balaban J connectivity index is 2.34. The van der Waals surface area contributed by atoms with Crippen molar-refractivity contribution in [1.29, 1.82) is 0 Å². The van der Waals surface area contributed by atoms with E-state index in [1.807, 2.05) is 19.9 Å². The highest BCUT2D eigenvalue weighted by Crippen LogP contribution is 2.28. The first-order valence-electron chi connectivity index (χ1n) is 7.06. The van der Waals surface area contributed by atoms with Crippen LogP contribution in [0.15, 0.2) is 23.3 Å². The Labute approximate surface area is 119 Å². The molecule has 1 saturated heterocycles. The van der Waals surface area contributed by atoms with Gasteiger partial charge >= 0.3 is 5.71 Å². The van der Waals surface area contributed by atoms with E-state index in [0.29, 0.717) is 50.1 Å². The van der Waals surface area contributed by atoms with Crippen LogP contribution in [0.25, 0.3) is 5.53 Å². The van der Waals surface area contributed by atoms with E-state index in [9.17, 15) is 0 Å². The molecular formula is C14H21N3O3. The van der Waals surface area contributed by atoms with E-state index in [1.165, 1.54) is 0 Å². The summed E-state index contributed by atoms with van der Waals surface area (Å²) >= 11 is 0. The van der Waals surface area contributed by atoms with Gasteiger partial charge in [0.15, 0.2) is 5.76 Å². The quantitative estimate of drug-likeness (QED) is 0.566. The second-order valence-electron chi connectivity index (χ2n) is 4.46. The zero-order chi connectivity index (χ0) is 14.4. The van der Waals surface area contributed by atoms with E-state index >= 15 is 0 Å². The number of hydrogen-bond acceptors (Lipinski definition) is 4. The highest BCUT2D eigenvalue weighted by molar-refractivity contribution is 5.97. The van der Waals surface area contributed by atoms with Gasteiger partial charge in [-0.1, -0.05) is 0 Å². The summed E-state index contributed by atoms with van der Waals surface area (Å²) in [7, 11) is 0. The maximum Gasteiger partial charge on any atom is 0.341 e. The minimum Gasteiger partial charge on any atom is -0.488 e. The van der Waals surface area contributed by atoms with Gasteiger partial charge in [-0.05, 0) is 19.9 Å². The molecule has 6 nitrogen and oxygen atoms in total. The number of rotatable bonds is 5. The van der Waals surface area contributed by atoms with Gasteiger partial charge in [0.25, 0.3) is 0 Å². The molecule has 0 radical (unpaired) electrons. The van der Waals surface area contributed by atoms with Gasteiger partial charge in [-0.15, -0.1) is 0 Å². The number of ether oxygens (including phenoxy) is 3. The predicted molar refractivity (Wildman–Crippen MR) is 74.0 cm³/mol. The minimum absolute atomic E-state index is 0.501. The van der Waals surface area contributed by atoms with Crippen LogP contribution in [0.4, 0.5) is 0 Å². The molecule has 1 heterocycles. The molecule has 0 N–H and O–H groups in total. The zero-order valence-electron chi connectivity index (χ0n) is 12.1. The molecule has 1 fully saturated rings. The van der Waals surface area contributed by atoms with Crippen molar-refractivity contribution in [1.82, 2.24) is 4.90 Å². The van der Waals surface area contributed by atoms with E-state index in [4.69, 9.17) is 19.7 Å². The van der Waals surface area contributed by atoms with Gasteiger partial charge in [-0.3, -0.25) is 0 Å². The normalized spacial score (nSPS) is 19.6. The van der Waals surface area contributed by atoms with Gasteiger partial charge < -0.3 is 24.6 Å². The van der Waals surface area contributed by atoms with Crippen molar-refractivity contribution < 1.29 is 19.0 Å². The molecule has 110 valence electrons. The van der Waals surface area contributed by atoms with Gasteiger partial charge in [0.2, 0.25) is 5.76 Å². The first-order valence-corrected chi connectivity index (χ1v) is 7.06. The largest absolute Gasteiger partial charge is 0.488 e. The molecule has 2 aliphatic rings. The van der Waals surface area contributed by atoms with E-state index < -0.39 is 0 Å². The lowest BCUT2D eigenvalue weighted by molar-refractivity contribution is -0.0138. The van der Waals surface area contributed by atoms with E-state index in [1.54, 1.807) is 0 Å². The lowest BCUT2D eigenvalue weighted by Crippen LogP contribution is -2.38. The summed E-state index contributed by atoms with van der Waals surface area (Å²) in [5, 5.41) is 0. The van der Waals surface area contributed by atoms with Gasteiger partial charge in [0, 0.05) is 13.1 Å². The fourth-order valence-corrected chi connectivity index (χ4v) is 2.37. The third kappa shape index (κ3) is 3.03. The highest BCUT2D eigenvalue weighted by atomic mass is 16.5. The summed E-state index contributed by atoms with van der Waals surface area (Å²) in [5.74, 6) is 1.20. The predicted octanol–water partition coefficient (Wildman–Crippen LogP) is 1.56. The van der Waals surface area contributed by atoms with E-state index in [-0.39, 0.29) is 0 Å². The third-order valence-corrected chi connectivity index (χ3v) is 3.24. The molecule has 0 aromatic rings. The van der Waals surface area contributed by atoms with Crippen LogP contribution in [0.5, 0.6) is 0 Å². The van der Waals surface area contributed by atoms with Crippen molar-refractivity contribution in [2.24, 2.45) is 0 Å². The van der Waals surface area contributed by atoms with Crippen LogP contribution in [-0.4, -0.2) is 54.9 Å². The molecule has 1 aliphatic heterocycles. The van der Waals surface area contributed by atoms with Crippen molar-refractivity contribution in [2.75, 3.05) is 39.5 Å². The van der Waals surface area contributed by atoms with E-state index in [2.05, 4.69) is 9.69 Å². The van der Waals surface area contributed by atoms with Crippen molar-refractivity contribution >= 4 is 5.71 Å². The zero-order valence-corrected chi connectivity index (χ0v) is 12.1. The van der Waals surface area contributed by atoms with Crippen LogP contribution in [0.2, 0.25) is 0 Å². The minimum atomic E-state index is 0.501. The molecule has 6 heteroatoms. The SMILES string of the molecule is CCOC1=C(OCC)C(=[N+]=[N-])CC=C1N1CCOCC1. The van der Waals surface area contributed by atoms with Crippen LogP contribution < -0.4 is 0 Å². The van der Waals surface area contributed by atoms with Crippen LogP contribution in [-0.2, 0) is 14.2 Å². The molecule has 0 spiro atoms. The van der Waals surface area contributed by atoms with Gasteiger partial charge in [-0.2, -0.15) is 4.79 Å². The van der Waals surface area contributed by atoms with Crippen molar-refractivity contribution in [2.45, 2.75) is 20.3 Å². The maximum atomic E-state index is 9.13. The smallest absolute Gasteiger partial charge is 0.341 e. The Bertz CT molecular complexity index is 458. The maximum absolute atomic E-state index is 9.13. The summed E-state index contributed by atoms with van der Waals surface area (Å²) in [6.07, 6.45) is 2.56. The van der Waals surface area contributed by atoms with Crippen LogP contribution >= 0.6 is 0 Å². The second kappa shape index (κ2) is 7.12. The van der Waals surface area contributed by atoms with Crippen LogP contribution in [0.1, 0.15) is 20.3 Å². The first kappa shape index (κ1) is 14.6. The molecule has 0 amide bonds. The standard InChI is InChI=1S/C14H21N3O3/c1-3-19-13-11(16-15)5-6-12(14(13)20-4-2)17-7-9-18-10-8-17/h6H,3-5,7-10H2,1-2H3. The molecule has 1 aliphatic carbocycles. The molecule has 20 heavy (non-hydrogen) atoms. The topological polar surface area (TPSA) is 67.3 Å². The Morgan fingerprint density at radius 2 is 1.85 bits per heavy atom. The molecule has 0 bridgehead atoms. The highest BCUT2D eigenvalue weighted by Gasteiger charge is 2.32. The van der Waals surface area contributed by atoms with Crippen molar-refractivity contribution in [3.63, 3.8) is 0 Å². The fourth-order valence-electron chi connectivity index (χ4n) is 2.37. The summed E-state index contributed by atoms with van der Waals surface area (Å²) in [6.45, 7) is 7.94. The van der Waals surface area contributed by atoms with Crippen molar-refractivity contribution in [3.05, 3.63) is 28.8 Å². The van der Waals surface area contributed by atoms with Gasteiger partial charge in [-0.25, -0.2) is 0 Å². The average Bonchev–Trinajstić information content (AvgIpc) is 2.50. The van der Waals surface area contributed by atoms with Crippen LogP contribution in [0.3, 0.4) is 0 Å². The number of allylic oxidation sites excluding steroid dienone is 2. The molecule has 0 aromatic carbocycles. The molecule has 2 rings (SSSR count). The molecule has 0 saturated carbocycles. The Kier molecular flexibility index (Phi) is 5.21. The van der Waals surface area contributed by atoms with Crippen LogP contribution in [0, 0.1) is 0 Å². The van der Waals surface area contributed by atoms with E-state index in [0.717, 1.165) is 18.8 Å². The van der Waals surface area contributed by atoms with Gasteiger partial charge in [0.05, 0.1) is 38.5 Å². The molecule has 0 aromatic heterocycles. The number of morpholine rings is 1. The first-order chi connectivity index (χ1) is 9.81. The second-order valence-corrected chi connectivity index (χ2v) is 4.46. The monoisotopic (exact) mass is 279 g/mol. The Morgan fingerprint density at radius 3 is 2.45 bits per heavy atom. The lowest BCUT2D eigenvalue weighted by Gasteiger charge is -2.33. The fraction of sp³-hybridized carbons (Fsp3) is 0.643. The summed E-state index contributed by atoms with van der Waals surface area (Å²) in [5.41, 5.74) is 10.6. The summed E-state index contributed by atoms with van der Waals surface area (Å²) in [4.78, 5) is 5.55. The average molecular weight is 279 g/mol. The molecular weight excluding hydrogens is 258 g/mol. The number of hydrogen-bond donors (Lipinski definition) is 0. The number of nitrogens with zero attached hydrogens (tertiary/aromatic N) is 3. The van der Waals surface area contributed by atoms with Gasteiger partial charge in [0.1, 0.15) is 0 Å². The third-order valence-electron chi connectivity index (χ3n) is 3.24. The molecule has 0 unspecified atom stereocenters. The Hall–Kier alpha value is -1.78. The molecule has 0 atom stereocenters.